The predicted molar refractivity (Wildman–Crippen MR) is 62.9 cm³/mol. The van der Waals surface area contributed by atoms with E-state index >= 15 is 0 Å². The molecular formula is C12H20F3N3. The molecule has 1 rings (SSSR count). The van der Waals surface area contributed by atoms with Gasteiger partial charge in [-0.3, -0.25) is 0 Å². The van der Waals surface area contributed by atoms with Gasteiger partial charge in [0.1, 0.15) is 0 Å². The van der Waals surface area contributed by atoms with E-state index in [9.17, 15) is 13.2 Å². The Hall–Kier alpha value is -0.800. The zero-order valence-electron chi connectivity index (χ0n) is 10.6. The first-order valence-corrected chi connectivity index (χ1v) is 6.32. The highest BCUT2D eigenvalue weighted by molar-refractivity contribution is 4.89. The minimum absolute atomic E-state index is 0.321. The van der Waals surface area contributed by atoms with E-state index in [-0.39, 0.29) is 6.54 Å². The molecule has 0 aromatic carbocycles. The summed E-state index contributed by atoms with van der Waals surface area (Å²) in [5.74, 6) is -1.91. The lowest BCUT2D eigenvalue weighted by molar-refractivity contribution is -0.157. The molecule has 0 spiro atoms. The van der Waals surface area contributed by atoms with Crippen molar-refractivity contribution in [3.05, 3.63) is 0 Å². The maximum absolute atomic E-state index is 12.3. The summed E-state index contributed by atoms with van der Waals surface area (Å²) in [4.78, 5) is 2.19. The van der Waals surface area contributed by atoms with Crippen LogP contribution in [0.4, 0.5) is 13.2 Å². The molecule has 104 valence electrons. The smallest absolute Gasteiger partial charge is 0.314 e. The molecule has 18 heavy (non-hydrogen) atoms. The van der Waals surface area contributed by atoms with Crippen LogP contribution in [0.1, 0.15) is 25.7 Å². The van der Waals surface area contributed by atoms with Gasteiger partial charge in [0.05, 0.1) is 6.07 Å². The molecule has 0 aliphatic heterocycles. The Morgan fingerprint density at radius 3 is 2.50 bits per heavy atom. The van der Waals surface area contributed by atoms with Gasteiger partial charge in [0, 0.05) is 25.7 Å². The van der Waals surface area contributed by atoms with Crippen LogP contribution in [-0.2, 0) is 0 Å². The molecule has 0 aromatic heterocycles. The van der Waals surface area contributed by atoms with Gasteiger partial charge < -0.3 is 10.2 Å². The Labute approximate surface area is 106 Å². The Balaban J connectivity index is 2.16. The second-order valence-corrected chi connectivity index (χ2v) is 4.85. The maximum Gasteiger partial charge on any atom is 0.405 e. The van der Waals surface area contributed by atoms with Crippen LogP contribution < -0.4 is 5.32 Å². The van der Waals surface area contributed by atoms with Crippen molar-refractivity contribution in [2.24, 2.45) is 5.92 Å². The molecule has 1 saturated carbocycles. The van der Waals surface area contributed by atoms with Gasteiger partial charge in [0.2, 0.25) is 0 Å². The third kappa shape index (κ3) is 4.83. The summed E-state index contributed by atoms with van der Waals surface area (Å²) in [6, 6.07) is 1.85. The average Bonchev–Trinajstić information content (AvgIpc) is 2.80. The van der Waals surface area contributed by atoms with E-state index in [1.165, 1.54) is 31.8 Å². The van der Waals surface area contributed by atoms with Gasteiger partial charge >= 0.3 is 6.18 Å². The van der Waals surface area contributed by atoms with Crippen molar-refractivity contribution in [2.75, 3.05) is 26.7 Å². The van der Waals surface area contributed by atoms with Crippen LogP contribution in [0.5, 0.6) is 0 Å². The van der Waals surface area contributed by atoms with E-state index in [0.29, 0.717) is 12.6 Å². The molecule has 0 bridgehead atoms. The normalized spacial score (nSPS) is 19.1. The SMILES string of the molecule is CN(CCNCC(C#N)C(F)(F)F)C1CCCC1. The van der Waals surface area contributed by atoms with Gasteiger partial charge in [-0.05, 0) is 19.9 Å². The number of nitrogens with zero attached hydrogens (tertiary/aromatic N) is 2. The highest BCUT2D eigenvalue weighted by Crippen LogP contribution is 2.25. The van der Waals surface area contributed by atoms with Crippen LogP contribution in [0.15, 0.2) is 0 Å². The number of alkyl halides is 3. The minimum atomic E-state index is -4.43. The molecule has 3 nitrogen and oxygen atoms in total. The zero-order valence-corrected chi connectivity index (χ0v) is 10.6. The lowest BCUT2D eigenvalue weighted by atomic mass is 10.1. The number of hydrogen-bond acceptors (Lipinski definition) is 3. The average molecular weight is 263 g/mol. The molecule has 1 atom stereocenters. The monoisotopic (exact) mass is 263 g/mol. The molecule has 0 saturated heterocycles. The summed E-state index contributed by atoms with van der Waals surface area (Å²) in [6.45, 7) is 0.889. The molecule has 0 aromatic rings. The van der Waals surface area contributed by atoms with E-state index < -0.39 is 12.1 Å². The molecular weight excluding hydrogens is 243 g/mol. The molecule has 1 aliphatic carbocycles. The summed E-state index contributed by atoms with van der Waals surface area (Å²) in [7, 11) is 2.00. The van der Waals surface area contributed by atoms with Crippen molar-refractivity contribution < 1.29 is 13.2 Å². The second-order valence-electron chi connectivity index (χ2n) is 4.85. The molecule has 1 N–H and O–H groups in total. The number of hydrogen-bond donors (Lipinski definition) is 1. The molecule has 0 radical (unpaired) electrons. The first-order chi connectivity index (χ1) is 8.45. The van der Waals surface area contributed by atoms with E-state index in [1.807, 2.05) is 7.05 Å². The van der Waals surface area contributed by atoms with Gasteiger partial charge in [0.25, 0.3) is 0 Å². The summed E-state index contributed by atoms with van der Waals surface area (Å²) in [5, 5.41) is 11.1. The van der Waals surface area contributed by atoms with Crippen molar-refractivity contribution in [1.82, 2.24) is 10.2 Å². The van der Waals surface area contributed by atoms with E-state index in [0.717, 1.165) is 6.54 Å². The van der Waals surface area contributed by atoms with Crippen molar-refractivity contribution in [3.63, 3.8) is 0 Å². The van der Waals surface area contributed by atoms with Crippen LogP contribution in [0.2, 0.25) is 0 Å². The fourth-order valence-corrected chi connectivity index (χ4v) is 2.26. The molecule has 0 amide bonds. The number of nitrogens with one attached hydrogen (secondary N) is 1. The molecule has 1 unspecified atom stereocenters. The largest absolute Gasteiger partial charge is 0.405 e. The van der Waals surface area contributed by atoms with Crippen LogP contribution >= 0.6 is 0 Å². The number of halogens is 3. The fraction of sp³-hybridized carbons (Fsp3) is 0.917. The fourth-order valence-electron chi connectivity index (χ4n) is 2.26. The minimum Gasteiger partial charge on any atom is -0.314 e. The lowest BCUT2D eigenvalue weighted by Crippen LogP contribution is -2.38. The Morgan fingerprint density at radius 1 is 1.39 bits per heavy atom. The third-order valence-corrected chi connectivity index (χ3v) is 3.49. The summed E-state index contributed by atoms with van der Waals surface area (Å²) >= 11 is 0. The topological polar surface area (TPSA) is 39.1 Å². The van der Waals surface area contributed by atoms with Crippen LogP contribution in [0, 0.1) is 17.2 Å². The van der Waals surface area contributed by atoms with Gasteiger partial charge in [-0.15, -0.1) is 0 Å². The standard InChI is InChI=1S/C12H20F3N3/c1-18(11-4-2-3-5-11)7-6-17-9-10(8-16)12(13,14)15/h10-11,17H,2-7,9H2,1H3. The third-order valence-electron chi connectivity index (χ3n) is 3.49. The summed E-state index contributed by atoms with van der Waals surface area (Å²) in [6.07, 6.45) is 0.416. The molecule has 1 fully saturated rings. The van der Waals surface area contributed by atoms with E-state index in [4.69, 9.17) is 5.26 Å². The first kappa shape index (κ1) is 15.3. The van der Waals surface area contributed by atoms with Gasteiger partial charge in [-0.1, -0.05) is 12.8 Å². The van der Waals surface area contributed by atoms with Crippen molar-refractivity contribution >= 4 is 0 Å². The summed E-state index contributed by atoms with van der Waals surface area (Å²) in [5.41, 5.74) is 0. The second kappa shape index (κ2) is 6.95. The lowest BCUT2D eigenvalue weighted by Gasteiger charge is -2.24. The highest BCUT2D eigenvalue weighted by atomic mass is 19.4. The van der Waals surface area contributed by atoms with E-state index in [1.54, 1.807) is 0 Å². The Bertz CT molecular complexity index is 279. The quantitative estimate of drug-likeness (QED) is 0.746. The summed E-state index contributed by atoms with van der Waals surface area (Å²) < 4.78 is 36.8. The van der Waals surface area contributed by atoms with E-state index in [2.05, 4.69) is 10.2 Å². The highest BCUT2D eigenvalue weighted by Gasteiger charge is 2.39. The zero-order chi connectivity index (χ0) is 13.6. The Morgan fingerprint density at radius 2 is 2.00 bits per heavy atom. The Kier molecular flexibility index (Phi) is 5.89. The van der Waals surface area contributed by atoms with Crippen LogP contribution in [0.25, 0.3) is 0 Å². The van der Waals surface area contributed by atoms with Crippen LogP contribution in [-0.4, -0.2) is 43.8 Å². The van der Waals surface area contributed by atoms with Crippen molar-refractivity contribution in [2.45, 2.75) is 37.9 Å². The van der Waals surface area contributed by atoms with Gasteiger partial charge in [-0.2, -0.15) is 18.4 Å². The number of likely N-dealkylation sites (N-methyl/N-ethyl adjacent to an activating group) is 1. The van der Waals surface area contributed by atoms with Crippen LogP contribution in [0.3, 0.4) is 0 Å². The van der Waals surface area contributed by atoms with Gasteiger partial charge in [-0.25, -0.2) is 0 Å². The maximum atomic E-state index is 12.3. The number of rotatable bonds is 6. The molecule has 1 aliphatic rings. The van der Waals surface area contributed by atoms with Crippen molar-refractivity contribution in [3.8, 4) is 6.07 Å². The van der Waals surface area contributed by atoms with Crippen molar-refractivity contribution in [1.29, 1.82) is 5.26 Å². The predicted octanol–water partition coefficient (Wildman–Crippen LogP) is 2.15. The first-order valence-electron chi connectivity index (χ1n) is 6.32. The molecule has 0 heterocycles. The molecule has 6 heteroatoms. The van der Waals surface area contributed by atoms with Gasteiger partial charge in [0.15, 0.2) is 5.92 Å². The number of nitriles is 1.